The molecule has 3 rings (SSSR count). The van der Waals surface area contributed by atoms with Crippen molar-refractivity contribution in [1.29, 1.82) is 0 Å². The molecule has 1 aliphatic rings. The number of carbonyl (C=O) groups is 1. The minimum Gasteiger partial charge on any atom is -0.334 e. The first-order valence-corrected chi connectivity index (χ1v) is 8.34. The van der Waals surface area contributed by atoms with E-state index >= 15 is 0 Å². The van der Waals surface area contributed by atoms with Gasteiger partial charge in [0.1, 0.15) is 0 Å². The summed E-state index contributed by atoms with van der Waals surface area (Å²) >= 11 is 6.00. The Balaban J connectivity index is 1.63. The minimum atomic E-state index is -0.276. The topological polar surface area (TPSA) is 74.0 Å². The van der Waals surface area contributed by atoms with Crippen LogP contribution in [0.1, 0.15) is 40.4 Å². The molecule has 3 N–H and O–H groups in total. The van der Waals surface area contributed by atoms with Gasteiger partial charge in [0.25, 0.3) is 5.56 Å². The van der Waals surface area contributed by atoms with Gasteiger partial charge in [-0.25, -0.2) is 4.79 Å². The Kier molecular flexibility index (Phi) is 4.62. The highest BCUT2D eigenvalue weighted by Gasteiger charge is 2.24. The summed E-state index contributed by atoms with van der Waals surface area (Å²) in [4.78, 5) is 26.9. The summed E-state index contributed by atoms with van der Waals surface area (Å²) in [5.74, 6) is 0. The zero-order valence-electron chi connectivity index (χ0n) is 13.7. The highest BCUT2D eigenvalue weighted by atomic mass is 35.5. The third-order valence-corrected chi connectivity index (χ3v) is 4.64. The van der Waals surface area contributed by atoms with Crippen LogP contribution in [0.3, 0.4) is 0 Å². The summed E-state index contributed by atoms with van der Waals surface area (Å²) in [6, 6.07) is 7.36. The molecule has 0 radical (unpaired) electrons. The van der Waals surface area contributed by atoms with Crippen molar-refractivity contribution in [2.24, 2.45) is 0 Å². The van der Waals surface area contributed by atoms with Gasteiger partial charge in [-0.15, -0.1) is 0 Å². The Morgan fingerprint density at radius 1 is 1.33 bits per heavy atom. The standard InChI is InChI=1S/C18H20ClN3O2/c1-10-7-11(2)21-17(23)15(10)9-20-18(24)22-16-6-3-12-8-13(19)4-5-14(12)16/h4-5,7-8,16H,3,6,9H2,1-2H3,(H,21,23)(H2,20,22,24)/t16-/m0/s1. The maximum Gasteiger partial charge on any atom is 0.315 e. The second-order valence-electron chi connectivity index (χ2n) is 6.20. The largest absolute Gasteiger partial charge is 0.334 e. The minimum absolute atomic E-state index is 0.0188. The van der Waals surface area contributed by atoms with Gasteiger partial charge >= 0.3 is 6.03 Å². The van der Waals surface area contributed by atoms with Crippen molar-refractivity contribution in [2.45, 2.75) is 39.3 Å². The fourth-order valence-corrected chi connectivity index (χ4v) is 3.41. The van der Waals surface area contributed by atoms with Crippen LogP contribution in [-0.4, -0.2) is 11.0 Å². The van der Waals surface area contributed by atoms with Crippen molar-refractivity contribution < 1.29 is 4.79 Å². The van der Waals surface area contributed by atoms with Crippen molar-refractivity contribution in [3.8, 4) is 0 Å². The van der Waals surface area contributed by atoms with Gasteiger partial charge in [0.05, 0.1) is 12.6 Å². The molecule has 0 unspecified atom stereocenters. The first kappa shape index (κ1) is 16.6. The van der Waals surface area contributed by atoms with E-state index in [9.17, 15) is 9.59 Å². The molecule has 1 aliphatic carbocycles. The molecule has 6 heteroatoms. The number of amides is 2. The normalized spacial score (nSPS) is 15.9. The highest BCUT2D eigenvalue weighted by molar-refractivity contribution is 6.30. The third kappa shape index (κ3) is 3.46. The van der Waals surface area contributed by atoms with Crippen molar-refractivity contribution in [1.82, 2.24) is 15.6 Å². The van der Waals surface area contributed by atoms with Gasteiger partial charge in [-0.1, -0.05) is 17.7 Å². The molecular formula is C18H20ClN3O2. The SMILES string of the molecule is Cc1cc(C)c(CNC(=O)N[C@H]2CCc3cc(Cl)ccc32)c(=O)[nH]1. The maximum atomic E-state index is 12.2. The molecule has 0 spiro atoms. The lowest BCUT2D eigenvalue weighted by Gasteiger charge is -2.15. The molecule has 0 aliphatic heterocycles. The second-order valence-corrected chi connectivity index (χ2v) is 6.64. The molecule has 126 valence electrons. The number of benzene rings is 1. The van der Waals surface area contributed by atoms with Gasteiger partial charge in [-0.05, 0) is 61.6 Å². The number of rotatable bonds is 3. The third-order valence-electron chi connectivity index (χ3n) is 4.41. The Hall–Kier alpha value is -2.27. The number of hydrogen-bond acceptors (Lipinski definition) is 2. The monoisotopic (exact) mass is 345 g/mol. The molecular weight excluding hydrogens is 326 g/mol. The first-order chi connectivity index (χ1) is 11.4. The average Bonchev–Trinajstić information content (AvgIpc) is 2.88. The quantitative estimate of drug-likeness (QED) is 0.799. The van der Waals surface area contributed by atoms with E-state index in [-0.39, 0.29) is 24.2 Å². The lowest BCUT2D eigenvalue weighted by Crippen LogP contribution is -2.38. The second kappa shape index (κ2) is 6.69. The number of halogens is 1. The van der Waals surface area contributed by atoms with Gasteiger partial charge in [0, 0.05) is 16.3 Å². The molecule has 1 aromatic heterocycles. The van der Waals surface area contributed by atoms with E-state index in [2.05, 4.69) is 15.6 Å². The number of nitrogens with one attached hydrogen (secondary N) is 3. The molecule has 2 aromatic rings. The molecule has 0 saturated heterocycles. The number of aromatic nitrogens is 1. The average molecular weight is 346 g/mol. The number of fused-ring (bicyclic) bond motifs is 1. The lowest BCUT2D eigenvalue weighted by molar-refractivity contribution is 0.236. The Morgan fingerprint density at radius 3 is 2.88 bits per heavy atom. The van der Waals surface area contributed by atoms with Gasteiger partial charge in [0.15, 0.2) is 0 Å². The Morgan fingerprint density at radius 2 is 2.12 bits per heavy atom. The van der Waals surface area contributed by atoms with Crippen LogP contribution in [-0.2, 0) is 13.0 Å². The highest BCUT2D eigenvalue weighted by Crippen LogP contribution is 2.32. The number of hydrogen-bond donors (Lipinski definition) is 3. The summed E-state index contributed by atoms with van der Waals surface area (Å²) < 4.78 is 0. The van der Waals surface area contributed by atoms with Gasteiger partial charge in [-0.3, -0.25) is 4.79 Å². The zero-order chi connectivity index (χ0) is 17.3. The van der Waals surface area contributed by atoms with Crippen LogP contribution in [0.25, 0.3) is 0 Å². The van der Waals surface area contributed by atoms with Crippen LogP contribution in [0.5, 0.6) is 0 Å². The summed E-state index contributed by atoms with van der Waals surface area (Å²) in [6.45, 7) is 3.91. The summed E-state index contributed by atoms with van der Waals surface area (Å²) in [5.41, 5.74) is 4.39. The lowest BCUT2D eigenvalue weighted by atomic mass is 10.1. The van der Waals surface area contributed by atoms with Crippen LogP contribution < -0.4 is 16.2 Å². The predicted molar refractivity (Wildman–Crippen MR) is 94.4 cm³/mol. The van der Waals surface area contributed by atoms with E-state index in [0.29, 0.717) is 10.6 Å². The number of carbonyl (C=O) groups excluding carboxylic acids is 1. The molecule has 0 fully saturated rings. The molecule has 24 heavy (non-hydrogen) atoms. The van der Waals surface area contributed by atoms with Crippen LogP contribution in [0.2, 0.25) is 5.02 Å². The predicted octanol–water partition coefficient (Wildman–Crippen LogP) is 3.13. The van der Waals surface area contributed by atoms with E-state index < -0.39 is 0 Å². The molecule has 5 nitrogen and oxygen atoms in total. The zero-order valence-corrected chi connectivity index (χ0v) is 14.5. The molecule has 1 heterocycles. The number of aryl methyl sites for hydroxylation is 3. The fourth-order valence-electron chi connectivity index (χ4n) is 3.22. The molecule has 0 saturated carbocycles. The van der Waals surface area contributed by atoms with Crippen molar-refractivity contribution in [2.75, 3.05) is 0 Å². The van der Waals surface area contributed by atoms with E-state index in [1.807, 2.05) is 38.1 Å². The number of H-pyrrole nitrogens is 1. The fraction of sp³-hybridized carbons (Fsp3) is 0.333. The van der Waals surface area contributed by atoms with Crippen molar-refractivity contribution >= 4 is 17.6 Å². The van der Waals surface area contributed by atoms with Gasteiger partial charge < -0.3 is 15.6 Å². The maximum absolute atomic E-state index is 12.2. The van der Waals surface area contributed by atoms with Crippen molar-refractivity contribution in [3.05, 3.63) is 67.6 Å². The molecule has 0 bridgehead atoms. The molecule has 2 amide bonds. The molecule has 1 aromatic carbocycles. The number of pyridine rings is 1. The van der Waals surface area contributed by atoms with Crippen molar-refractivity contribution in [3.63, 3.8) is 0 Å². The van der Waals surface area contributed by atoms with Gasteiger partial charge in [0.2, 0.25) is 0 Å². The Bertz CT molecular complexity index is 845. The number of aromatic amines is 1. The van der Waals surface area contributed by atoms with Gasteiger partial charge in [-0.2, -0.15) is 0 Å². The molecule has 1 atom stereocenters. The van der Waals surface area contributed by atoms with E-state index in [1.54, 1.807) is 0 Å². The van der Waals surface area contributed by atoms with Crippen LogP contribution in [0.15, 0.2) is 29.1 Å². The smallest absolute Gasteiger partial charge is 0.315 e. The van der Waals surface area contributed by atoms with E-state index in [0.717, 1.165) is 29.7 Å². The van der Waals surface area contributed by atoms with Crippen LogP contribution in [0.4, 0.5) is 4.79 Å². The summed E-state index contributed by atoms with van der Waals surface area (Å²) in [6.07, 6.45) is 1.75. The number of urea groups is 1. The van der Waals surface area contributed by atoms with Crippen LogP contribution in [0, 0.1) is 13.8 Å². The van der Waals surface area contributed by atoms with Crippen LogP contribution >= 0.6 is 11.6 Å². The van der Waals surface area contributed by atoms with E-state index in [1.165, 1.54) is 5.56 Å². The van der Waals surface area contributed by atoms with E-state index in [4.69, 9.17) is 11.6 Å². The Labute approximate surface area is 145 Å². The first-order valence-electron chi connectivity index (χ1n) is 7.96. The summed E-state index contributed by atoms with van der Waals surface area (Å²) in [7, 11) is 0. The summed E-state index contributed by atoms with van der Waals surface area (Å²) in [5, 5.41) is 6.46.